The van der Waals surface area contributed by atoms with Crippen LogP contribution in [-0.2, 0) is 17.6 Å². The van der Waals surface area contributed by atoms with Gasteiger partial charge < -0.3 is 9.80 Å². The van der Waals surface area contributed by atoms with Gasteiger partial charge in [0.05, 0.1) is 34.2 Å². The predicted octanol–water partition coefficient (Wildman–Crippen LogP) is 5.14. The molecule has 0 aliphatic carbocycles. The third kappa shape index (κ3) is 5.17. The van der Waals surface area contributed by atoms with Crippen molar-refractivity contribution in [3.05, 3.63) is 100 Å². The van der Waals surface area contributed by atoms with Crippen LogP contribution in [0.5, 0.6) is 0 Å². The van der Waals surface area contributed by atoms with E-state index < -0.39 is 17.3 Å². The first kappa shape index (κ1) is 30.4. The van der Waals surface area contributed by atoms with Crippen LogP contribution in [-0.4, -0.2) is 66.0 Å². The number of para-hydroxylation sites is 1. The second-order valence-electron chi connectivity index (χ2n) is 12.4. The topological polar surface area (TPSA) is 102 Å². The minimum Gasteiger partial charge on any atom is -0.350 e. The monoisotopic (exact) mass is 636 g/mol. The fourth-order valence-electron chi connectivity index (χ4n) is 6.78. The molecule has 1 saturated heterocycles. The van der Waals surface area contributed by atoms with Crippen molar-refractivity contribution >= 4 is 22.8 Å². The van der Waals surface area contributed by atoms with Crippen LogP contribution in [0.4, 0.5) is 14.6 Å². The lowest BCUT2D eigenvalue weighted by atomic mass is 9.94. The third-order valence-electron chi connectivity index (χ3n) is 9.08. The zero-order chi connectivity index (χ0) is 33.0. The largest absolute Gasteiger partial charge is 0.355 e. The molecule has 0 radical (unpaired) electrons. The molecule has 1 atom stereocenters. The summed E-state index contributed by atoms with van der Waals surface area (Å²) in [5, 5.41) is 8.86. The van der Waals surface area contributed by atoms with Crippen molar-refractivity contribution in [2.24, 2.45) is 0 Å². The number of piperazine rings is 1. The maximum Gasteiger partial charge on any atom is 0.355 e. The molecule has 2 aromatic carbocycles. The highest BCUT2D eigenvalue weighted by molar-refractivity contribution is 5.92. The van der Waals surface area contributed by atoms with E-state index in [1.165, 1.54) is 33.5 Å². The van der Waals surface area contributed by atoms with Crippen molar-refractivity contribution in [3.8, 4) is 22.6 Å². The van der Waals surface area contributed by atoms with Crippen molar-refractivity contribution in [1.82, 2.24) is 34.4 Å². The maximum absolute atomic E-state index is 16.5. The lowest BCUT2D eigenvalue weighted by molar-refractivity contribution is -0.126. The van der Waals surface area contributed by atoms with Gasteiger partial charge in [-0.25, -0.2) is 27.8 Å². The van der Waals surface area contributed by atoms with Crippen LogP contribution >= 0.6 is 0 Å². The van der Waals surface area contributed by atoms with Gasteiger partial charge in [-0.05, 0) is 67.5 Å². The van der Waals surface area contributed by atoms with Crippen LogP contribution in [0.2, 0.25) is 0 Å². The van der Waals surface area contributed by atoms with E-state index in [0.29, 0.717) is 55.7 Å². The van der Waals surface area contributed by atoms with Crippen molar-refractivity contribution in [1.29, 1.82) is 0 Å². The van der Waals surface area contributed by atoms with E-state index >= 15 is 8.78 Å². The highest BCUT2D eigenvalue weighted by Gasteiger charge is 2.31. The number of halogens is 2. The zero-order valence-corrected chi connectivity index (χ0v) is 26.5. The number of hydrogen-bond acceptors (Lipinski definition) is 7. The lowest BCUT2D eigenvalue weighted by Crippen LogP contribution is -2.54. The molecule has 240 valence electrons. The lowest BCUT2D eigenvalue weighted by Gasteiger charge is -2.40. The Balaban J connectivity index is 1.56. The van der Waals surface area contributed by atoms with Crippen molar-refractivity contribution in [2.75, 3.05) is 24.5 Å². The van der Waals surface area contributed by atoms with E-state index in [9.17, 15) is 9.59 Å². The standard InChI is InChI=1S/C35H34F2N8O2/c1-5-29(46)42-15-16-43(21(4)18-42)33-25-17-27(37)31-30-26(36)13-8-14-28(30)44-19-23(40-41-44)11-6-9-22-10-7-12-24(20(2)3)32(22)45(34(25)38-31)35(47)39-33/h5,7-8,10,12-14,17,19-21H,1,6,9,11,15-16,18H2,2-4H3/t21-/m0/s1. The summed E-state index contributed by atoms with van der Waals surface area (Å²) in [6, 6.07) is 11.4. The second kappa shape index (κ2) is 11.8. The van der Waals surface area contributed by atoms with Gasteiger partial charge in [0.2, 0.25) is 5.91 Å². The Bertz CT molecular complexity index is 2120. The molecule has 7 rings (SSSR count). The molecule has 47 heavy (non-hydrogen) atoms. The summed E-state index contributed by atoms with van der Waals surface area (Å²) >= 11 is 0. The number of anilines is 1. The fourth-order valence-corrected chi connectivity index (χ4v) is 6.78. The van der Waals surface area contributed by atoms with E-state index in [1.807, 2.05) is 43.9 Å². The van der Waals surface area contributed by atoms with Crippen LogP contribution in [0.1, 0.15) is 49.9 Å². The van der Waals surface area contributed by atoms with Crippen molar-refractivity contribution < 1.29 is 13.6 Å². The number of carbonyl (C=O) groups is 1. The van der Waals surface area contributed by atoms with Gasteiger partial charge >= 0.3 is 5.69 Å². The van der Waals surface area contributed by atoms with Gasteiger partial charge in [-0.2, -0.15) is 4.98 Å². The number of nitrogens with zero attached hydrogens (tertiary/aromatic N) is 8. The summed E-state index contributed by atoms with van der Waals surface area (Å²) in [6.45, 7) is 10.7. The molecule has 4 bridgehead atoms. The Labute approximate surface area is 270 Å². The molecular weight excluding hydrogens is 602 g/mol. The van der Waals surface area contributed by atoms with Crippen LogP contribution in [0.3, 0.4) is 0 Å². The predicted molar refractivity (Wildman–Crippen MR) is 175 cm³/mol. The van der Waals surface area contributed by atoms with Crippen molar-refractivity contribution in [2.45, 2.75) is 52.0 Å². The van der Waals surface area contributed by atoms with Crippen LogP contribution in [0.15, 0.2) is 66.1 Å². The van der Waals surface area contributed by atoms with Gasteiger partial charge in [0.1, 0.15) is 17.3 Å². The first-order valence-corrected chi connectivity index (χ1v) is 15.8. The van der Waals surface area contributed by atoms with E-state index in [4.69, 9.17) is 4.98 Å². The summed E-state index contributed by atoms with van der Waals surface area (Å²) in [5.74, 6) is -1.38. The van der Waals surface area contributed by atoms with E-state index in [-0.39, 0.29) is 46.3 Å². The van der Waals surface area contributed by atoms with E-state index in [2.05, 4.69) is 21.9 Å². The van der Waals surface area contributed by atoms with Gasteiger partial charge in [0.15, 0.2) is 11.5 Å². The quantitative estimate of drug-likeness (QED) is 0.253. The van der Waals surface area contributed by atoms with Gasteiger partial charge in [-0.3, -0.25) is 4.79 Å². The molecule has 3 aromatic heterocycles. The number of fused-ring (bicyclic) bond motifs is 8. The number of carbonyl (C=O) groups excluding carboxylic acids is 1. The summed E-state index contributed by atoms with van der Waals surface area (Å²) in [4.78, 5) is 39.7. The number of amides is 1. The number of benzene rings is 2. The Morgan fingerprint density at radius 3 is 2.64 bits per heavy atom. The second-order valence-corrected chi connectivity index (χ2v) is 12.4. The number of hydrogen-bond donors (Lipinski definition) is 0. The SMILES string of the molecule is C=CC(=O)N1CCN(c2nc(=O)n3c4nc(c(F)cc24)-c2c(F)cccc2-n2cc(nn2)CCCc2cccc(C(C)C)c2-3)[C@@H](C)C1. The Kier molecular flexibility index (Phi) is 7.65. The van der Waals surface area contributed by atoms with E-state index in [0.717, 1.165) is 11.1 Å². The molecule has 1 amide bonds. The highest BCUT2D eigenvalue weighted by Crippen LogP contribution is 2.37. The maximum atomic E-state index is 16.5. The number of aryl methyl sites for hydroxylation is 2. The van der Waals surface area contributed by atoms with Crippen LogP contribution in [0.25, 0.3) is 33.7 Å². The molecule has 0 N–H and O–H groups in total. The molecule has 10 nitrogen and oxygen atoms in total. The molecule has 0 saturated carbocycles. The molecule has 5 heterocycles. The van der Waals surface area contributed by atoms with Gasteiger partial charge in [-0.1, -0.05) is 49.9 Å². The smallest absolute Gasteiger partial charge is 0.350 e. The fraction of sp³-hybridized carbons (Fsp3) is 0.314. The molecule has 0 unspecified atom stereocenters. The summed E-state index contributed by atoms with van der Waals surface area (Å²) in [5.41, 5.74) is 2.65. The molecule has 5 aromatic rings. The third-order valence-corrected chi connectivity index (χ3v) is 9.08. The van der Waals surface area contributed by atoms with Crippen LogP contribution < -0.4 is 10.6 Å². The first-order chi connectivity index (χ1) is 22.7. The Morgan fingerprint density at radius 2 is 1.87 bits per heavy atom. The molecular formula is C35H34F2N8O2. The Morgan fingerprint density at radius 1 is 1.06 bits per heavy atom. The average Bonchev–Trinajstić information content (AvgIpc) is 3.52. The normalized spacial score (nSPS) is 16.3. The minimum absolute atomic E-state index is 0.0268. The van der Waals surface area contributed by atoms with Crippen molar-refractivity contribution in [3.63, 3.8) is 0 Å². The average molecular weight is 637 g/mol. The molecule has 1 fully saturated rings. The first-order valence-electron chi connectivity index (χ1n) is 15.8. The highest BCUT2D eigenvalue weighted by atomic mass is 19.1. The molecule has 12 heteroatoms. The van der Waals surface area contributed by atoms with Gasteiger partial charge in [-0.15, -0.1) is 5.10 Å². The number of rotatable bonds is 3. The number of pyridine rings is 1. The van der Waals surface area contributed by atoms with Gasteiger partial charge in [0, 0.05) is 25.7 Å². The van der Waals surface area contributed by atoms with Crippen LogP contribution in [0, 0.1) is 11.6 Å². The molecule has 2 aliphatic heterocycles. The summed E-state index contributed by atoms with van der Waals surface area (Å²) in [7, 11) is 0. The summed E-state index contributed by atoms with van der Waals surface area (Å²) < 4.78 is 35.2. The molecule has 0 spiro atoms. The van der Waals surface area contributed by atoms with Gasteiger partial charge in [0.25, 0.3) is 0 Å². The molecule has 2 aliphatic rings. The minimum atomic E-state index is -0.782. The summed E-state index contributed by atoms with van der Waals surface area (Å²) in [6.07, 6.45) is 4.92. The zero-order valence-electron chi connectivity index (χ0n) is 26.5. The Hall–Kier alpha value is -5.26. The number of aromatic nitrogens is 6. The van der Waals surface area contributed by atoms with E-state index in [1.54, 1.807) is 17.2 Å².